The first-order valence-electron chi connectivity index (χ1n) is 28.4. The molecule has 0 bridgehead atoms. The Morgan fingerprint density at radius 2 is 1.04 bits per heavy atom. The molecule has 50 heavy (non-hydrogen) atoms. The van der Waals surface area contributed by atoms with Gasteiger partial charge in [0.15, 0.2) is 11.6 Å². The van der Waals surface area contributed by atoms with Gasteiger partial charge in [-0.3, -0.25) is 4.57 Å². The molecule has 3 aromatic heterocycles. The lowest BCUT2D eigenvalue weighted by molar-refractivity contribution is 0.669. The summed E-state index contributed by atoms with van der Waals surface area (Å²) in [4.78, 5) is 13.3. The van der Waals surface area contributed by atoms with Gasteiger partial charge in [-0.1, -0.05) is 139 Å². The van der Waals surface area contributed by atoms with Gasteiger partial charge in [0.25, 0.3) is 0 Å². The molecule has 0 aliphatic carbocycles. The van der Waals surface area contributed by atoms with Crippen molar-refractivity contribution in [3.63, 3.8) is 0 Å². The first-order valence-corrected chi connectivity index (χ1v) is 14.4. The molecule has 5 heteroatoms. The van der Waals surface area contributed by atoms with Gasteiger partial charge < -0.3 is 4.42 Å². The highest BCUT2D eigenvalue weighted by atomic mass is 16.3. The molecule has 0 saturated carbocycles. The third-order valence-corrected chi connectivity index (χ3v) is 7.50. The minimum absolute atomic E-state index is 0.485. The Morgan fingerprint density at radius 3 is 1.82 bits per heavy atom. The fourth-order valence-corrected chi connectivity index (χ4v) is 5.38. The van der Waals surface area contributed by atoms with E-state index in [4.69, 9.17) is 34.6 Å². The maximum atomic E-state index is 9.71. The van der Waals surface area contributed by atoms with E-state index in [-0.39, 0.29) is 0 Å². The van der Waals surface area contributed by atoms with Gasteiger partial charge in [0.1, 0.15) is 11.2 Å². The summed E-state index contributed by atoms with van der Waals surface area (Å²) in [6.07, 6.45) is 0. The van der Waals surface area contributed by atoms with Gasteiger partial charge in [0, 0.05) is 32.7 Å². The van der Waals surface area contributed by atoms with Crippen LogP contribution in [0.5, 0.6) is 0 Å². The van der Waals surface area contributed by atoms with Gasteiger partial charge in [-0.15, -0.1) is 0 Å². The predicted octanol–water partition coefficient (Wildman–Crippen LogP) is 11.5. The van der Waals surface area contributed by atoms with Crippen molar-refractivity contribution < 1.29 is 42.8 Å². The van der Waals surface area contributed by atoms with Crippen LogP contribution >= 0.6 is 0 Å². The van der Waals surface area contributed by atoms with Crippen LogP contribution in [-0.4, -0.2) is 19.5 Å². The van der Waals surface area contributed by atoms with Crippen LogP contribution in [0.1, 0.15) is 38.4 Å². The summed E-state index contributed by atoms with van der Waals surface area (Å²) in [5.41, 5.74) is -7.03. The number of furan rings is 1. The Labute approximate surface area is 327 Å². The summed E-state index contributed by atoms with van der Waals surface area (Å²) < 4.78 is 253. The van der Waals surface area contributed by atoms with Gasteiger partial charge in [-0.2, -0.15) is 9.97 Å². The van der Waals surface area contributed by atoms with E-state index in [1.807, 2.05) is 0 Å². The Kier molecular flexibility index (Phi) is 2.72. The molecule has 0 amide bonds. The molecule has 3 heterocycles. The van der Waals surface area contributed by atoms with Crippen LogP contribution in [0.15, 0.2) is 174 Å². The van der Waals surface area contributed by atoms with Crippen LogP contribution in [-0.2, 0) is 0 Å². The lowest BCUT2D eigenvalue weighted by Crippen LogP contribution is -2.06. The van der Waals surface area contributed by atoms with Crippen molar-refractivity contribution in [2.75, 3.05) is 0 Å². The van der Waals surface area contributed by atoms with Crippen LogP contribution in [0.3, 0.4) is 0 Å². The van der Waals surface area contributed by atoms with Crippen LogP contribution in [0.4, 0.5) is 0 Å². The molecule has 234 valence electrons. The quantitative estimate of drug-likeness (QED) is 0.183. The molecule has 7 aromatic carbocycles. The second-order valence-corrected chi connectivity index (χ2v) is 10.3. The molecule has 0 N–H and O–H groups in total. The van der Waals surface area contributed by atoms with Crippen molar-refractivity contribution in [1.82, 2.24) is 19.5 Å². The lowest BCUT2D eigenvalue weighted by Gasteiger charge is -2.11. The summed E-state index contributed by atoms with van der Waals surface area (Å²) in [5.74, 6) is -2.70. The first-order chi connectivity index (χ1) is 36.4. The molecule has 10 rings (SSSR count). The molecule has 5 nitrogen and oxygen atoms in total. The second kappa shape index (κ2) is 11.4. The summed E-state index contributed by atoms with van der Waals surface area (Å²) >= 11 is 0. The highest BCUT2D eigenvalue weighted by molar-refractivity contribution is 6.13. The maximum Gasteiger partial charge on any atom is 0.238 e. The number of rotatable bonds is 5. The zero-order valence-corrected chi connectivity index (χ0v) is 24.7. The van der Waals surface area contributed by atoms with E-state index in [0.29, 0.717) is 0 Å². The molecule has 0 aliphatic heterocycles. The zero-order valence-electron chi connectivity index (χ0n) is 52.7. The van der Waals surface area contributed by atoms with Crippen molar-refractivity contribution in [3.8, 4) is 51.0 Å². The summed E-state index contributed by atoms with van der Waals surface area (Å²) in [6, 6.07) is -25.2. The van der Waals surface area contributed by atoms with Crippen molar-refractivity contribution >= 4 is 43.7 Å². The Bertz CT molecular complexity index is 4410. The van der Waals surface area contributed by atoms with Crippen molar-refractivity contribution in [1.29, 1.82) is 0 Å². The normalized spacial score (nSPS) is 19.4. The Morgan fingerprint density at radius 1 is 0.420 bits per heavy atom. The van der Waals surface area contributed by atoms with E-state index in [2.05, 4.69) is 15.0 Å². The number of nitrogens with zero attached hydrogens (tertiary/aromatic N) is 4. The van der Waals surface area contributed by atoms with E-state index in [0.717, 1.165) is 4.57 Å². The number of fused-ring (bicyclic) bond motifs is 6. The maximum absolute atomic E-state index is 9.71. The van der Waals surface area contributed by atoms with Gasteiger partial charge >= 0.3 is 0 Å². The topological polar surface area (TPSA) is 56.7 Å². The van der Waals surface area contributed by atoms with Crippen LogP contribution in [0, 0.1) is 0 Å². The van der Waals surface area contributed by atoms with E-state index in [1.54, 1.807) is 0 Å². The molecule has 0 aliphatic rings. The molecule has 0 unspecified atom stereocenters. The molecule has 0 spiro atoms. The second-order valence-electron chi connectivity index (χ2n) is 10.3. The number of hydrogen-bond acceptors (Lipinski definition) is 4. The van der Waals surface area contributed by atoms with E-state index >= 15 is 0 Å². The fourth-order valence-electron chi connectivity index (χ4n) is 5.38. The number of benzene rings is 7. The van der Waals surface area contributed by atoms with E-state index < -0.39 is 264 Å². The minimum Gasteiger partial charge on any atom is -0.456 e. The highest BCUT2D eigenvalue weighted by Crippen LogP contribution is 2.39. The van der Waals surface area contributed by atoms with Gasteiger partial charge in [0.05, 0.1) is 49.4 Å². The van der Waals surface area contributed by atoms with Crippen molar-refractivity contribution in [2.45, 2.75) is 0 Å². The zero-order chi connectivity index (χ0) is 57.4. The fraction of sp³-hybridized carbons (Fsp3) is 0. The number of aromatic nitrogens is 4. The summed E-state index contributed by atoms with van der Waals surface area (Å²) in [6.45, 7) is 0. The molecular weight excluding hydrogens is 613 g/mol. The van der Waals surface area contributed by atoms with Gasteiger partial charge in [-0.25, -0.2) is 4.98 Å². The number of para-hydroxylation sites is 1. The minimum atomic E-state index is -1.000. The smallest absolute Gasteiger partial charge is 0.238 e. The van der Waals surface area contributed by atoms with Crippen LogP contribution < -0.4 is 0 Å². The SMILES string of the molecule is [2H]c1c([2H])c([2H])c(-c2nc(-c3c([2H])c([2H])c4c(oc5c([2H])c([2H])c([2H])c(-c6c([2H])c([2H])c([2H])c([2H])c6[2H])c54)c3[2H])nc(-n3c4c([2H])c([2H])c([2H])c([2H])c4c4c([2H])c([2H])c(-c5c([2H])c([2H])c([2H])c([2H])c5[2H])c([2H])c43)n2)c([2H])c1[2H]. The lowest BCUT2D eigenvalue weighted by atomic mass is 9.99. The van der Waals surface area contributed by atoms with E-state index in [9.17, 15) is 8.22 Å². The van der Waals surface area contributed by atoms with Crippen molar-refractivity contribution in [3.05, 3.63) is 169 Å². The monoisotopic (exact) mass is 668 g/mol. The Balaban J connectivity index is 1.42. The average Bonchev–Trinajstić information content (AvgIpc) is 4.22. The molecule has 0 radical (unpaired) electrons. The third-order valence-electron chi connectivity index (χ3n) is 7.50. The average molecular weight is 669 g/mol. The molecule has 10 aromatic rings. The largest absolute Gasteiger partial charge is 0.456 e. The Hall–Kier alpha value is -6.85. The third kappa shape index (κ3) is 4.60. The van der Waals surface area contributed by atoms with E-state index in [1.165, 1.54) is 0 Å². The summed E-state index contributed by atoms with van der Waals surface area (Å²) in [7, 11) is 0. The molecular formula is C45H28N4O. The van der Waals surface area contributed by atoms with Crippen LogP contribution in [0.25, 0.3) is 94.7 Å². The molecule has 0 fully saturated rings. The molecule has 0 atom stereocenters. The summed E-state index contributed by atoms with van der Waals surface area (Å²) in [5, 5.41) is -2.15. The van der Waals surface area contributed by atoms with Crippen LogP contribution in [0.2, 0.25) is 0 Å². The number of hydrogen-bond donors (Lipinski definition) is 0. The predicted molar refractivity (Wildman–Crippen MR) is 203 cm³/mol. The highest BCUT2D eigenvalue weighted by Gasteiger charge is 2.20. The van der Waals surface area contributed by atoms with Gasteiger partial charge in [0.2, 0.25) is 5.95 Å². The first kappa shape index (κ1) is 11.9. The molecule has 0 saturated heterocycles. The standard InChI is InChI=1S/C45H28N4O/c1-4-13-29(14-5-1)32-23-25-36-35-19-10-11-21-38(35)49(39(36)27-32)45-47-43(31-17-8-3-9-18-31)46-44(48-45)33-24-26-37-41(28-33)50-40-22-12-20-34(42(37)40)30-15-6-2-7-16-30/h1-28H/i1D,2D,3D,4D,5D,6D,7D,8D,9D,10D,11D,12D,13D,14D,15D,16D,17D,18D,19D,20D,21D,22D,23D,24D,25D,26D,27D,28D. The van der Waals surface area contributed by atoms with Crippen molar-refractivity contribution in [2.24, 2.45) is 0 Å². The van der Waals surface area contributed by atoms with Gasteiger partial charge in [-0.05, 0) is 52.5 Å².